The molecule has 2 heterocycles. The number of fused-ring (bicyclic) bond motifs is 2. The number of benzene rings is 4. The maximum atomic E-state index is 6.16. The van der Waals surface area contributed by atoms with Crippen molar-refractivity contribution >= 4 is 66.6 Å². The molecule has 4 aromatic carbocycles. The van der Waals surface area contributed by atoms with Gasteiger partial charge in [0, 0.05) is 31.9 Å². The smallest absolute Gasteiger partial charge is 0.0611 e. The molecule has 0 unspecified atom stereocenters. The highest BCUT2D eigenvalue weighted by molar-refractivity contribution is 8.76. The lowest BCUT2D eigenvalue weighted by molar-refractivity contribution is 1.40. The average Bonchev–Trinajstić information content (AvgIpc) is 3.42. The fourth-order valence-electron chi connectivity index (χ4n) is 4.13. The minimum absolute atomic E-state index is 0.731. The Balaban J connectivity index is 1.46. The fraction of sp³-hybridized carbons (Fsp3) is 0. The molecule has 2 nitrogen and oxygen atoms in total. The van der Waals surface area contributed by atoms with E-state index in [1.54, 1.807) is 21.6 Å². The topological polar surface area (TPSA) is 31.6 Å². The Hall–Kier alpha value is -2.76. The van der Waals surface area contributed by atoms with Crippen LogP contribution in [0.15, 0.2) is 107 Å². The molecule has 0 aliphatic rings. The molecular formula is C28H18Cl2N2S2. The van der Waals surface area contributed by atoms with Crippen molar-refractivity contribution in [2.24, 2.45) is 0 Å². The predicted molar refractivity (Wildman–Crippen MR) is 149 cm³/mol. The van der Waals surface area contributed by atoms with E-state index >= 15 is 0 Å². The van der Waals surface area contributed by atoms with Crippen LogP contribution in [0.25, 0.3) is 44.3 Å². The van der Waals surface area contributed by atoms with Crippen LogP contribution in [0.2, 0.25) is 10.0 Å². The normalized spacial score (nSPS) is 11.5. The highest BCUT2D eigenvalue weighted by atomic mass is 35.5. The summed E-state index contributed by atoms with van der Waals surface area (Å²) in [6.07, 6.45) is 0. The van der Waals surface area contributed by atoms with Gasteiger partial charge in [-0.15, -0.1) is 0 Å². The molecular weight excluding hydrogens is 499 g/mol. The maximum Gasteiger partial charge on any atom is 0.0611 e. The lowest BCUT2D eigenvalue weighted by Crippen LogP contribution is -1.81. The molecule has 34 heavy (non-hydrogen) atoms. The summed E-state index contributed by atoms with van der Waals surface area (Å²) in [5, 5.41) is 3.88. The molecule has 6 aromatic rings. The second-order valence-corrected chi connectivity index (χ2v) is 11.0. The quantitative estimate of drug-likeness (QED) is 0.223. The van der Waals surface area contributed by atoms with E-state index in [1.165, 1.54) is 20.6 Å². The molecule has 0 amide bonds. The van der Waals surface area contributed by atoms with E-state index in [9.17, 15) is 0 Å². The second-order valence-electron chi connectivity index (χ2n) is 7.93. The van der Waals surface area contributed by atoms with E-state index in [-0.39, 0.29) is 0 Å². The average molecular weight is 518 g/mol. The zero-order valence-electron chi connectivity index (χ0n) is 17.8. The number of H-pyrrole nitrogens is 2. The van der Waals surface area contributed by atoms with E-state index in [0.717, 1.165) is 43.6 Å². The molecule has 0 aliphatic carbocycles. The van der Waals surface area contributed by atoms with Gasteiger partial charge in [-0.2, -0.15) is 0 Å². The summed E-state index contributed by atoms with van der Waals surface area (Å²) in [4.78, 5) is 9.65. The van der Waals surface area contributed by atoms with Gasteiger partial charge in [-0.1, -0.05) is 83.9 Å². The number of hydrogen-bond acceptors (Lipinski definition) is 2. The Morgan fingerprint density at radius 2 is 0.853 bits per heavy atom. The van der Waals surface area contributed by atoms with Crippen LogP contribution in [-0.2, 0) is 0 Å². The molecule has 0 radical (unpaired) electrons. The second kappa shape index (κ2) is 9.12. The lowest BCUT2D eigenvalue weighted by atomic mass is 10.1. The standard InChI is InChI=1S/C28H18Cl2N2S2/c29-19-13-9-17(10-14-19)25-27(21-5-1-3-7-23(21)31-25)33-34-28-22-6-2-4-8-24(22)32-26(28)18-11-15-20(30)16-12-18/h1-16,31-32H. The zero-order chi connectivity index (χ0) is 23.1. The lowest BCUT2D eigenvalue weighted by Gasteiger charge is -2.07. The molecule has 0 fully saturated rings. The number of hydrogen-bond donors (Lipinski definition) is 2. The summed E-state index contributed by atoms with van der Waals surface area (Å²) in [6, 6.07) is 32.8. The Bertz CT molecular complexity index is 1490. The summed E-state index contributed by atoms with van der Waals surface area (Å²) in [6.45, 7) is 0. The van der Waals surface area contributed by atoms with Gasteiger partial charge < -0.3 is 9.97 Å². The van der Waals surface area contributed by atoms with Crippen LogP contribution in [0.3, 0.4) is 0 Å². The molecule has 0 spiro atoms. The summed E-state index contributed by atoms with van der Waals surface area (Å²) in [5.74, 6) is 0. The molecule has 6 rings (SSSR count). The summed E-state index contributed by atoms with van der Waals surface area (Å²) >= 11 is 12.3. The van der Waals surface area contributed by atoms with Gasteiger partial charge in [0.15, 0.2) is 0 Å². The Kier molecular flexibility index (Phi) is 5.84. The van der Waals surface area contributed by atoms with E-state index < -0.39 is 0 Å². The van der Waals surface area contributed by atoms with Crippen LogP contribution in [0.5, 0.6) is 0 Å². The van der Waals surface area contributed by atoms with Gasteiger partial charge in [0.2, 0.25) is 0 Å². The summed E-state index contributed by atoms with van der Waals surface area (Å²) in [5.41, 5.74) is 6.66. The van der Waals surface area contributed by atoms with Gasteiger partial charge >= 0.3 is 0 Å². The highest BCUT2D eigenvalue weighted by Gasteiger charge is 2.18. The molecule has 2 N–H and O–H groups in total. The van der Waals surface area contributed by atoms with Gasteiger partial charge in [-0.25, -0.2) is 0 Å². The monoisotopic (exact) mass is 516 g/mol. The largest absolute Gasteiger partial charge is 0.354 e. The van der Waals surface area contributed by atoms with Crippen LogP contribution >= 0.6 is 44.8 Å². The number of halogens is 2. The number of aromatic nitrogens is 2. The van der Waals surface area contributed by atoms with E-state index in [4.69, 9.17) is 23.2 Å². The predicted octanol–water partition coefficient (Wildman–Crippen LogP) is 10.1. The van der Waals surface area contributed by atoms with Crippen molar-refractivity contribution in [1.82, 2.24) is 9.97 Å². The van der Waals surface area contributed by atoms with Gasteiger partial charge in [0.1, 0.15) is 0 Å². The van der Waals surface area contributed by atoms with Crippen molar-refractivity contribution in [3.05, 3.63) is 107 Å². The molecule has 166 valence electrons. The van der Waals surface area contributed by atoms with Crippen LogP contribution in [-0.4, -0.2) is 9.97 Å². The summed E-state index contributed by atoms with van der Waals surface area (Å²) in [7, 11) is 3.55. The van der Waals surface area contributed by atoms with Crippen molar-refractivity contribution in [3.63, 3.8) is 0 Å². The Morgan fingerprint density at radius 1 is 0.471 bits per heavy atom. The third-order valence-corrected chi connectivity index (χ3v) is 8.81. The zero-order valence-corrected chi connectivity index (χ0v) is 21.0. The number of para-hydroxylation sites is 2. The van der Waals surface area contributed by atoms with Crippen LogP contribution in [0, 0.1) is 0 Å². The Labute approximate surface area is 215 Å². The van der Waals surface area contributed by atoms with Crippen LogP contribution in [0.1, 0.15) is 0 Å². The van der Waals surface area contributed by atoms with Crippen molar-refractivity contribution < 1.29 is 0 Å². The summed E-state index contributed by atoms with van der Waals surface area (Å²) < 4.78 is 0. The molecule has 0 atom stereocenters. The van der Waals surface area contributed by atoms with Gasteiger partial charge in [-0.3, -0.25) is 0 Å². The first kappa shape index (κ1) is 21.8. The van der Waals surface area contributed by atoms with Crippen molar-refractivity contribution in [3.8, 4) is 22.5 Å². The van der Waals surface area contributed by atoms with Crippen LogP contribution < -0.4 is 0 Å². The van der Waals surface area contributed by atoms with E-state index in [1.807, 2.05) is 24.3 Å². The third kappa shape index (κ3) is 4.01. The number of aromatic amines is 2. The SMILES string of the molecule is Clc1ccc(-c2[nH]c3ccccc3c2SSc2c(-c3ccc(Cl)cc3)[nH]c3ccccc23)cc1. The maximum absolute atomic E-state index is 6.16. The number of nitrogens with one attached hydrogen (secondary N) is 2. The molecule has 0 saturated heterocycles. The first-order valence-corrected chi connectivity index (χ1v) is 13.7. The van der Waals surface area contributed by atoms with Crippen LogP contribution in [0.4, 0.5) is 0 Å². The first-order valence-electron chi connectivity index (χ1n) is 10.8. The van der Waals surface area contributed by atoms with Gasteiger partial charge in [-0.05, 0) is 69.1 Å². The molecule has 0 bridgehead atoms. The Morgan fingerprint density at radius 3 is 1.26 bits per heavy atom. The molecule has 2 aromatic heterocycles. The molecule has 0 aliphatic heterocycles. The third-order valence-electron chi connectivity index (χ3n) is 5.79. The molecule has 6 heteroatoms. The van der Waals surface area contributed by atoms with Gasteiger partial charge in [0.25, 0.3) is 0 Å². The minimum Gasteiger partial charge on any atom is -0.354 e. The highest BCUT2D eigenvalue weighted by Crippen LogP contribution is 2.50. The first-order chi connectivity index (χ1) is 16.7. The molecule has 0 saturated carbocycles. The van der Waals surface area contributed by atoms with Crippen molar-refractivity contribution in [2.45, 2.75) is 9.79 Å². The van der Waals surface area contributed by atoms with Crippen molar-refractivity contribution in [1.29, 1.82) is 0 Å². The van der Waals surface area contributed by atoms with E-state index in [2.05, 4.69) is 82.8 Å². The van der Waals surface area contributed by atoms with Crippen molar-refractivity contribution in [2.75, 3.05) is 0 Å². The fourth-order valence-corrected chi connectivity index (χ4v) is 7.13. The minimum atomic E-state index is 0.731. The number of rotatable bonds is 5. The van der Waals surface area contributed by atoms with Gasteiger partial charge in [0.05, 0.1) is 21.2 Å². The van der Waals surface area contributed by atoms with E-state index in [0.29, 0.717) is 0 Å².